The van der Waals surface area contributed by atoms with E-state index in [0.29, 0.717) is 5.02 Å². The molecule has 1 heterocycles. The molecule has 0 aliphatic heterocycles. The van der Waals surface area contributed by atoms with Crippen LogP contribution in [0.25, 0.3) is 16.5 Å². The summed E-state index contributed by atoms with van der Waals surface area (Å²) in [6, 6.07) is 28.5. The predicted octanol–water partition coefficient (Wildman–Crippen LogP) is 7.54. The molecule has 1 atom stereocenters. The van der Waals surface area contributed by atoms with E-state index in [0.717, 1.165) is 44.7 Å². The Morgan fingerprint density at radius 1 is 0.806 bits per heavy atom. The van der Waals surface area contributed by atoms with Crippen LogP contribution in [0.3, 0.4) is 0 Å². The Morgan fingerprint density at radius 2 is 1.47 bits per heavy atom. The molecule has 5 nitrogen and oxygen atoms in total. The predicted molar refractivity (Wildman–Crippen MR) is 147 cm³/mol. The molecular formula is C29H26ClN3O2S. The van der Waals surface area contributed by atoms with Crippen LogP contribution in [0.4, 0.5) is 0 Å². The third-order valence-electron chi connectivity index (χ3n) is 6.23. The van der Waals surface area contributed by atoms with E-state index < -0.39 is 0 Å². The molecule has 36 heavy (non-hydrogen) atoms. The second-order valence-corrected chi connectivity index (χ2v) is 9.86. The Hall–Kier alpha value is -3.48. The van der Waals surface area contributed by atoms with Gasteiger partial charge in [-0.15, -0.1) is 10.2 Å². The average Bonchev–Trinajstić information content (AvgIpc) is 3.35. The summed E-state index contributed by atoms with van der Waals surface area (Å²) in [4.78, 5) is 0. The third kappa shape index (κ3) is 5.06. The van der Waals surface area contributed by atoms with Gasteiger partial charge in [0.05, 0.1) is 14.2 Å². The molecule has 0 N–H and O–H groups in total. The lowest BCUT2D eigenvalue weighted by Gasteiger charge is -2.16. The number of hydrogen-bond acceptors (Lipinski definition) is 5. The average molecular weight is 516 g/mol. The maximum atomic E-state index is 6.19. The lowest BCUT2D eigenvalue weighted by Crippen LogP contribution is -2.08. The second-order valence-electron chi connectivity index (χ2n) is 8.48. The summed E-state index contributed by atoms with van der Waals surface area (Å²) in [5.74, 6) is 3.36. The van der Waals surface area contributed by atoms with E-state index in [9.17, 15) is 0 Å². The zero-order chi connectivity index (χ0) is 25.1. The molecule has 0 saturated heterocycles. The van der Waals surface area contributed by atoms with E-state index in [2.05, 4.69) is 58.1 Å². The summed E-state index contributed by atoms with van der Waals surface area (Å²) in [5, 5.41) is 13.1. The van der Waals surface area contributed by atoms with E-state index >= 15 is 0 Å². The molecule has 7 heteroatoms. The van der Waals surface area contributed by atoms with Crippen LogP contribution in [0.15, 0.2) is 90.1 Å². The van der Waals surface area contributed by atoms with E-state index in [-0.39, 0.29) is 5.92 Å². The Morgan fingerprint density at radius 3 is 2.19 bits per heavy atom. The molecule has 0 aliphatic carbocycles. The van der Waals surface area contributed by atoms with Gasteiger partial charge >= 0.3 is 0 Å². The van der Waals surface area contributed by atoms with Crippen molar-refractivity contribution in [3.8, 4) is 17.2 Å². The van der Waals surface area contributed by atoms with Gasteiger partial charge in [-0.3, -0.25) is 4.57 Å². The number of methoxy groups -OCH3 is 2. The van der Waals surface area contributed by atoms with Gasteiger partial charge in [-0.2, -0.15) is 0 Å². The van der Waals surface area contributed by atoms with Crippen molar-refractivity contribution in [1.82, 2.24) is 14.8 Å². The normalized spacial score (nSPS) is 12.0. The van der Waals surface area contributed by atoms with Crippen molar-refractivity contribution >= 4 is 34.1 Å². The van der Waals surface area contributed by atoms with E-state index in [1.807, 2.05) is 48.5 Å². The SMILES string of the molecule is COc1ccc(CSc2nnc([C@@H](C)c3ccc4cc(OC)ccc4c3)n2-c2ccc(Cl)cc2)cc1. The number of hydrogen-bond donors (Lipinski definition) is 0. The van der Waals surface area contributed by atoms with Gasteiger partial charge in [-0.05, 0) is 70.4 Å². The van der Waals surface area contributed by atoms with Crippen LogP contribution in [0.5, 0.6) is 11.5 Å². The highest BCUT2D eigenvalue weighted by molar-refractivity contribution is 7.98. The molecule has 0 amide bonds. The van der Waals surface area contributed by atoms with Crippen molar-refractivity contribution in [2.45, 2.75) is 23.8 Å². The Balaban J connectivity index is 1.49. The maximum absolute atomic E-state index is 6.19. The first-order valence-corrected chi connectivity index (χ1v) is 13.0. The van der Waals surface area contributed by atoms with Crippen molar-refractivity contribution in [2.75, 3.05) is 14.2 Å². The molecule has 0 spiro atoms. The summed E-state index contributed by atoms with van der Waals surface area (Å²) in [7, 11) is 3.36. The first-order chi connectivity index (χ1) is 17.6. The van der Waals surface area contributed by atoms with Crippen molar-refractivity contribution in [1.29, 1.82) is 0 Å². The Kier molecular flexibility index (Phi) is 7.16. The number of nitrogens with zero attached hydrogens (tertiary/aromatic N) is 3. The Labute approximate surface area is 220 Å². The minimum Gasteiger partial charge on any atom is -0.497 e. The molecule has 4 aromatic carbocycles. The van der Waals surface area contributed by atoms with Crippen LogP contribution < -0.4 is 9.47 Å². The van der Waals surface area contributed by atoms with Gasteiger partial charge in [0.1, 0.15) is 17.3 Å². The van der Waals surface area contributed by atoms with Crippen molar-refractivity contribution in [3.05, 3.63) is 107 Å². The zero-order valence-corrected chi connectivity index (χ0v) is 21.9. The van der Waals surface area contributed by atoms with Gasteiger partial charge in [0.2, 0.25) is 0 Å². The highest BCUT2D eigenvalue weighted by Gasteiger charge is 2.21. The molecule has 5 rings (SSSR count). The molecule has 1 aromatic heterocycles. The van der Waals surface area contributed by atoms with Gasteiger partial charge in [0.15, 0.2) is 5.16 Å². The molecule has 182 valence electrons. The van der Waals surface area contributed by atoms with Crippen molar-refractivity contribution in [2.24, 2.45) is 0 Å². The summed E-state index contributed by atoms with van der Waals surface area (Å²) >= 11 is 7.84. The van der Waals surface area contributed by atoms with Crippen LogP contribution in [-0.4, -0.2) is 29.0 Å². The molecule has 0 unspecified atom stereocenters. The quantitative estimate of drug-likeness (QED) is 0.200. The monoisotopic (exact) mass is 515 g/mol. The Bertz CT molecular complexity index is 1480. The van der Waals surface area contributed by atoms with Crippen LogP contribution in [0, 0.1) is 0 Å². The summed E-state index contributed by atoms with van der Waals surface area (Å²) in [6.45, 7) is 2.17. The van der Waals surface area contributed by atoms with Gasteiger partial charge in [-0.1, -0.05) is 66.7 Å². The number of rotatable bonds is 8. The summed E-state index contributed by atoms with van der Waals surface area (Å²) in [5.41, 5.74) is 3.34. The van der Waals surface area contributed by atoms with Gasteiger partial charge in [0, 0.05) is 22.4 Å². The number of benzene rings is 4. The molecule has 0 fully saturated rings. The van der Waals surface area contributed by atoms with Crippen molar-refractivity contribution < 1.29 is 9.47 Å². The number of ether oxygens (including phenoxy) is 2. The third-order valence-corrected chi connectivity index (χ3v) is 7.48. The topological polar surface area (TPSA) is 49.2 Å². The minimum atomic E-state index is 0.0232. The van der Waals surface area contributed by atoms with E-state index in [1.54, 1.807) is 26.0 Å². The second kappa shape index (κ2) is 10.6. The maximum Gasteiger partial charge on any atom is 0.196 e. The van der Waals surface area contributed by atoms with Gasteiger partial charge < -0.3 is 9.47 Å². The summed E-state index contributed by atoms with van der Waals surface area (Å²) in [6.07, 6.45) is 0. The minimum absolute atomic E-state index is 0.0232. The fourth-order valence-corrected chi connectivity index (χ4v) is 5.19. The zero-order valence-electron chi connectivity index (χ0n) is 20.3. The number of fused-ring (bicyclic) bond motifs is 1. The molecule has 0 aliphatic rings. The molecule has 0 saturated carbocycles. The highest BCUT2D eigenvalue weighted by atomic mass is 35.5. The first kappa shape index (κ1) is 24.2. The highest BCUT2D eigenvalue weighted by Crippen LogP contribution is 2.33. The van der Waals surface area contributed by atoms with Gasteiger partial charge in [0.25, 0.3) is 0 Å². The summed E-state index contributed by atoms with van der Waals surface area (Å²) < 4.78 is 12.8. The molecule has 0 radical (unpaired) electrons. The molecule has 0 bridgehead atoms. The molecular weight excluding hydrogens is 490 g/mol. The van der Waals surface area contributed by atoms with Gasteiger partial charge in [-0.25, -0.2) is 0 Å². The van der Waals surface area contributed by atoms with Crippen molar-refractivity contribution in [3.63, 3.8) is 0 Å². The number of halogens is 1. The lowest BCUT2D eigenvalue weighted by molar-refractivity contribution is 0.414. The van der Waals surface area contributed by atoms with Crippen LogP contribution in [0.2, 0.25) is 5.02 Å². The number of thioether (sulfide) groups is 1. The van der Waals surface area contributed by atoms with E-state index in [4.69, 9.17) is 21.1 Å². The lowest BCUT2D eigenvalue weighted by atomic mass is 9.97. The molecule has 5 aromatic rings. The van der Waals surface area contributed by atoms with Crippen LogP contribution in [-0.2, 0) is 5.75 Å². The fourth-order valence-electron chi connectivity index (χ4n) is 4.15. The standard InChI is InChI=1S/C29H26ClN3O2S/c1-19(21-6-7-23-17-27(35-3)15-8-22(23)16-21)28-31-32-29(33(28)25-11-9-24(30)10-12-25)36-18-20-4-13-26(34-2)14-5-20/h4-17,19H,18H2,1-3H3/t19-/m0/s1. The first-order valence-electron chi connectivity index (χ1n) is 11.6. The van der Waals surface area contributed by atoms with E-state index in [1.165, 1.54) is 11.1 Å². The van der Waals surface area contributed by atoms with Crippen LogP contribution >= 0.6 is 23.4 Å². The fraction of sp³-hybridized carbons (Fsp3) is 0.172. The van der Waals surface area contributed by atoms with Crippen LogP contribution in [0.1, 0.15) is 29.8 Å². The largest absolute Gasteiger partial charge is 0.497 e. The smallest absolute Gasteiger partial charge is 0.196 e. The number of aromatic nitrogens is 3.